The van der Waals surface area contributed by atoms with Gasteiger partial charge in [0.1, 0.15) is 5.75 Å². The Labute approximate surface area is 184 Å². The van der Waals surface area contributed by atoms with Crippen LogP contribution in [0.3, 0.4) is 0 Å². The molecule has 2 aromatic carbocycles. The topological polar surface area (TPSA) is 79.0 Å². The predicted octanol–water partition coefficient (Wildman–Crippen LogP) is 2.52. The van der Waals surface area contributed by atoms with E-state index in [2.05, 4.69) is 16.3 Å². The molecule has 2 aliphatic rings. The molecular weight excluding hydrogens is 414 g/mol. The van der Waals surface area contributed by atoms with E-state index >= 15 is 0 Å². The average molecular weight is 444 g/mol. The smallest absolute Gasteiger partial charge is 0.263 e. The van der Waals surface area contributed by atoms with Crippen LogP contribution in [0.4, 0.5) is 5.69 Å². The molecule has 2 aliphatic heterocycles. The fourth-order valence-electron chi connectivity index (χ4n) is 4.19. The van der Waals surface area contributed by atoms with Gasteiger partial charge >= 0.3 is 0 Å². The van der Waals surface area contributed by atoms with Crippen molar-refractivity contribution in [3.05, 3.63) is 59.7 Å². The number of para-hydroxylation sites is 2. The summed E-state index contributed by atoms with van der Waals surface area (Å²) in [6.45, 7) is 3.43. The number of carbonyl (C=O) groups is 1. The highest BCUT2D eigenvalue weighted by atomic mass is 32.2. The Bertz CT molecular complexity index is 1030. The van der Waals surface area contributed by atoms with Gasteiger partial charge in [-0.25, -0.2) is 8.42 Å². The van der Waals surface area contributed by atoms with Crippen molar-refractivity contribution in [2.75, 3.05) is 30.2 Å². The zero-order chi connectivity index (χ0) is 21.8. The number of nitrogens with one attached hydrogen (secondary N) is 1. The Morgan fingerprint density at radius 2 is 1.71 bits per heavy atom. The molecule has 2 heterocycles. The number of carbonyl (C=O) groups excluding carboxylic acids is 1. The third-order valence-corrected chi connectivity index (χ3v) is 6.99. The van der Waals surface area contributed by atoms with Gasteiger partial charge in [-0.3, -0.25) is 14.0 Å². The van der Waals surface area contributed by atoms with E-state index in [0.717, 1.165) is 31.5 Å². The van der Waals surface area contributed by atoms with Crippen LogP contribution in [0.2, 0.25) is 0 Å². The van der Waals surface area contributed by atoms with E-state index in [0.29, 0.717) is 18.0 Å². The van der Waals surface area contributed by atoms with Crippen molar-refractivity contribution in [1.82, 2.24) is 10.2 Å². The summed E-state index contributed by atoms with van der Waals surface area (Å²) in [7, 11) is -3.53. The number of piperidine rings is 1. The standard InChI is InChI=1S/C23H29N3O4S/c1-31(28,29)26-17-22(30-21-12-6-5-11-20(21)26)23(27)24-15-18-9-3-4-10-19(18)16-25-13-7-2-8-14-25/h3-6,9-12,22H,2,7-8,13-17H2,1H3,(H,24,27)/t22-/m0/s1. The molecule has 1 fully saturated rings. The summed E-state index contributed by atoms with van der Waals surface area (Å²) in [5.74, 6) is 0.0701. The minimum Gasteiger partial charge on any atom is -0.476 e. The molecule has 8 heteroatoms. The minimum absolute atomic E-state index is 0.0445. The number of ether oxygens (including phenoxy) is 1. The number of sulfonamides is 1. The van der Waals surface area contributed by atoms with Crippen molar-refractivity contribution in [3.8, 4) is 5.75 Å². The van der Waals surface area contributed by atoms with E-state index in [4.69, 9.17) is 4.74 Å². The minimum atomic E-state index is -3.53. The lowest BCUT2D eigenvalue weighted by molar-refractivity contribution is -0.127. The lowest BCUT2D eigenvalue weighted by Gasteiger charge is -2.34. The zero-order valence-electron chi connectivity index (χ0n) is 17.8. The van der Waals surface area contributed by atoms with Crippen LogP contribution >= 0.6 is 0 Å². The zero-order valence-corrected chi connectivity index (χ0v) is 18.6. The summed E-state index contributed by atoms with van der Waals surface area (Å²) >= 11 is 0. The summed E-state index contributed by atoms with van der Waals surface area (Å²) in [5.41, 5.74) is 2.73. The third kappa shape index (κ3) is 5.19. The monoisotopic (exact) mass is 443 g/mol. The van der Waals surface area contributed by atoms with Crippen molar-refractivity contribution < 1.29 is 17.9 Å². The van der Waals surface area contributed by atoms with Crippen molar-refractivity contribution >= 4 is 21.6 Å². The van der Waals surface area contributed by atoms with E-state index in [9.17, 15) is 13.2 Å². The second kappa shape index (κ2) is 9.28. The molecule has 4 rings (SSSR count). The first-order valence-electron chi connectivity index (χ1n) is 10.7. The van der Waals surface area contributed by atoms with Gasteiger partial charge in [0, 0.05) is 13.1 Å². The second-order valence-corrected chi connectivity index (χ2v) is 10.1. The number of anilines is 1. The third-order valence-electron chi connectivity index (χ3n) is 5.84. The molecule has 1 N–H and O–H groups in total. The summed E-state index contributed by atoms with van der Waals surface area (Å²) in [5, 5.41) is 2.95. The molecule has 7 nitrogen and oxygen atoms in total. The Morgan fingerprint density at radius 3 is 2.45 bits per heavy atom. The molecule has 0 spiro atoms. The molecule has 166 valence electrons. The molecule has 1 amide bonds. The molecule has 0 aromatic heterocycles. The molecule has 0 saturated carbocycles. The Kier molecular flexibility index (Phi) is 6.48. The number of amides is 1. The van der Waals surface area contributed by atoms with Crippen LogP contribution in [0, 0.1) is 0 Å². The van der Waals surface area contributed by atoms with Gasteiger partial charge in [0.05, 0.1) is 18.5 Å². The molecule has 1 atom stereocenters. The average Bonchev–Trinajstić information content (AvgIpc) is 2.77. The molecule has 0 aliphatic carbocycles. The van der Waals surface area contributed by atoms with Crippen molar-refractivity contribution in [1.29, 1.82) is 0 Å². The van der Waals surface area contributed by atoms with Crippen molar-refractivity contribution in [2.24, 2.45) is 0 Å². The molecule has 0 bridgehead atoms. The maximum atomic E-state index is 12.9. The van der Waals surface area contributed by atoms with E-state index in [1.807, 2.05) is 18.2 Å². The lowest BCUT2D eigenvalue weighted by atomic mass is 10.0. The largest absolute Gasteiger partial charge is 0.476 e. The number of nitrogens with zero attached hydrogens (tertiary/aromatic N) is 2. The summed E-state index contributed by atoms with van der Waals surface area (Å²) in [6, 6.07) is 15.0. The number of likely N-dealkylation sites (tertiary alicyclic amines) is 1. The van der Waals surface area contributed by atoms with Gasteiger partial charge in [-0.05, 0) is 49.2 Å². The highest BCUT2D eigenvalue weighted by Gasteiger charge is 2.34. The van der Waals surface area contributed by atoms with Gasteiger partial charge in [-0.2, -0.15) is 0 Å². The van der Waals surface area contributed by atoms with Crippen LogP contribution in [-0.2, 0) is 27.9 Å². The molecule has 1 saturated heterocycles. The Morgan fingerprint density at radius 1 is 1.03 bits per heavy atom. The Hall–Kier alpha value is -2.58. The van der Waals surface area contributed by atoms with Gasteiger partial charge in [0.2, 0.25) is 10.0 Å². The fourth-order valence-corrected chi connectivity index (χ4v) is 5.11. The molecule has 0 radical (unpaired) electrons. The first-order chi connectivity index (χ1) is 14.9. The van der Waals surface area contributed by atoms with E-state index < -0.39 is 16.1 Å². The van der Waals surface area contributed by atoms with Crippen LogP contribution in [0.5, 0.6) is 5.75 Å². The van der Waals surface area contributed by atoms with Crippen LogP contribution in [0.25, 0.3) is 0 Å². The summed E-state index contributed by atoms with van der Waals surface area (Å²) < 4.78 is 31.6. The van der Waals surface area contributed by atoms with Gasteiger partial charge in [-0.1, -0.05) is 42.8 Å². The second-order valence-electron chi connectivity index (χ2n) is 8.19. The van der Waals surface area contributed by atoms with Crippen LogP contribution in [0.1, 0.15) is 30.4 Å². The number of hydrogen-bond donors (Lipinski definition) is 1. The number of hydrogen-bond acceptors (Lipinski definition) is 5. The highest BCUT2D eigenvalue weighted by molar-refractivity contribution is 7.92. The maximum absolute atomic E-state index is 12.9. The van der Waals surface area contributed by atoms with E-state index in [1.165, 1.54) is 29.1 Å². The van der Waals surface area contributed by atoms with Crippen LogP contribution in [-0.4, -0.2) is 51.2 Å². The lowest BCUT2D eigenvalue weighted by Crippen LogP contribution is -2.50. The Balaban J connectivity index is 1.44. The van der Waals surface area contributed by atoms with E-state index in [1.54, 1.807) is 24.3 Å². The highest BCUT2D eigenvalue weighted by Crippen LogP contribution is 2.34. The van der Waals surface area contributed by atoms with Gasteiger partial charge in [0.15, 0.2) is 6.10 Å². The molecular formula is C23H29N3O4S. The molecule has 2 aromatic rings. The van der Waals surface area contributed by atoms with E-state index in [-0.39, 0.29) is 12.5 Å². The first kappa shape index (κ1) is 21.6. The number of rotatable bonds is 6. The summed E-state index contributed by atoms with van der Waals surface area (Å²) in [4.78, 5) is 15.3. The number of benzene rings is 2. The normalized spacial score (nSPS) is 19.4. The number of fused-ring (bicyclic) bond motifs is 1. The van der Waals surface area contributed by atoms with Gasteiger partial charge < -0.3 is 10.1 Å². The molecule has 0 unspecified atom stereocenters. The van der Waals surface area contributed by atoms with Crippen LogP contribution < -0.4 is 14.4 Å². The fraction of sp³-hybridized carbons (Fsp3) is 0.435. The van der Waals surface area contributed by atoms with Crippen molar-refractivity contribution in [3.63, 3.8) is 0 Å². The van der Waals surface area contributed by atoms with Gasteiger partial charge in [0.25, 0.3) is 5.91 Å². The SMILES string of the molecule is CS(=O)(=O)N1C[C@@H](C(=O)NCc2ccccc2CN2CCCCC2)Oc2ccccc21. The van der Waals surface area contributed by atoms with Crippen LogP contribution in [0.15, 0.2) is 48.5 Å². The predicted molar refractivity (Wildman–Crippen MR) is 120 cm³/mol. The van der Waals surface area contributed by atoms with Gasteiger partial charge in [-0.15, -0.1) is 0 Å². The maximum Gasteiger partial charge on any atom is 0.263 e. The molecule has 31 heavy (non-hydrogen) atoms. The quantitative estimate of drug-likeness (QED) is 0.742. The summed E-state index contributed by atoms with van der Waals surface area (Å²) in [6.07, 6.45) is 4.00. The first-order valence-corrected chi connectivity index (χ1v) is 12.6. The van der Waals surface area contributed by atoms with Crippen molar-refractivity contribution in [2.45, 2.75) is 38.5 Å².